The Morgan fingerprint density at radius 3 is 1.45 bits per heavy atom. The molecule has 0 bridgehead atoms. The van der Waals surface area contributed by atoms with Crippen molar-refractivity contribution in [2.75, 3.05) is 21.1 Å². The molecule has 13 nitrogen and oxygen atoms in total. The van der Waals surface area contributed by atoms with Gasteiger partial charge >= 0.3 is 11.9 Å². The Labute approximate surface area is 353 Å². The van der Waals surface area contributed by atoms with Crippen molar-refractivity contribution in [1.29, 1.82) is 0 Å². The van der Waals surface area contributed by atoms with Gasteiger partial charge in [0.15, 0.2) is 17.7 Å². The Bertz CT molecular complexity index is 1500. The number of ether oxygens (including phenoxy) is 1. The number of carboxylic acids is 1. The molecule has 1 aromatic rings. The van der Waals surface area contributed by atoms with Gasteiger partial charge in [-0.1, -0.05) is 85.7 Å². The predicted octanol–water partition coefficient (Wildman–Crippen LogP) is 5.83. The number of amides is 3. The fourth-order valence-corrected chi connectivity index (χ4v) is 7.12. The van der Waals surface area contributed by atoms with E-state index in [2.05, 4.69) is 0 Å². The van der Waals surface area contributed by atoms with Gasteiger partial charge in [0.1, 0.15) is 6.04 Å². The van der Waals surface area contributed by atoms with Crippen LogP contribution in [0.1, 0.15) is 113 Å². The van der Waals surface area contributed by atoms with E-state index in [1.807, 2.05) is 85.7 Å². The zero-order chi connectivity index (χ0) is 43.9. The number of esters is 1. The van der Waals surface area contributed by atoms with Crippen LogP contribution in [0.4, 0.5) is 0 Å². The standard InChI is InChI=1S/C44H72N4O9.ClH/c1-26(2)19-33(40(51)46(11)30(9)44(56)57-31(10)43(54)55)24-39(50)37(23-32-17-15-14-16-18-32)47(12)41(52)34(20-27(3)4)25-38(49)36(22-29(7)8)48(13)42(53)35(45)21-28(5)6;/h14-18,26-31,33-37H,19-25,45H2,1-13H3,(H,54,55);1H/t30-,31+,33+,34+,35-,36-,37-;/m0./s1. The topological polar surface area (TPSA) is 185 Å². The molecule has 1 rings (SSSR count). The summed E-state index contributed by atoms with van der Waals surface area (Å²) >= 11 is 0. The number of nitrogens with two attached hydrogens (primary N) is 1. The molecule has 3 N–H and O–H groups in total. The molecule has 1 aromatic carbocycles. The first kappa shape index (κ1) is 54.2. The van der Waals surface area contributed by atoms with Crippen molar-refractivity contribution in [3.8, 4) is 0 Å². The molecule has 58 heavy (non-hydrogen) atoms. The maximum absolute atomic E-state index is 14.6. The van der Waals surface area contributed by atoms with Gasteiger partial charge in [-0.2, -0.15) is 0 Å². The quantitative estimate of drug-likeness (QED) is 0.114. The zero-order valence-electron chi connectivity index (χ0n) is 37.2. The summed E-state index contributed by atoms with van der Waals surface area (Å²) in [6.45, 7) is 18.3. The minimum atomic E-state index is -1.41. The Kier molecular flexibility index (Phi) is 23.9. The predicted molar refractivity (Wildman–Crippen MR) is 228 cm³/mol. The number of carboxylic acid groups (broad SMARTS) is 1. The minimum Gasteiger partial charge on any atom is -0.479 e. The van der Waals surface area contributed by atoms with E-state index in [1.54, 1.807) is 14.1 Å². The molecule has 0 radical (unpaired) electrons. The highest BCUT2D eigenvalue weighted by molar-refractivity contribution is 5.96. The van der Waals surface area contributed by atoms with Crippen LogP contribution in [0.3, 0.4) is 0 Å². The maximum atomic E-state index is 14.6. The van der Waals surface area contributed by atoms with Gasteiger partial charge in [-0.05, 0) is 75.2 Å². The molecule has 330 valence electrons. The summed E-state index contributed by atoms with van der Waals surface area (Å²) in [6.07, 6.45) is -0.0414. The highest BCUT2D eigenvalue weighted by atomic mass is 35.5. The molecule has 0 aromatic heterocycles. The molecule has 7 atom stereocenters. The SMILES string of the molecule is CC(C)C[C@H](CC(=O)[C@H](Cc1ccccc1)N(C)C(=O)[C@@H](CC(=O)[C@H](CC(C)C)N(C)C(=O)[C@@H](N)CC(C)C)CC(C)C)C(=O)N(C)[C@@H](C)C(=O)O[C@H](C)C(=O)O.Cl. The summed E-state index contributed by atoms with van der Waals surface area (Å²) in [4.78, 5) is 98.7. The van der Waals surface area contributed by atoms with Crippen LogP contribution in [-0.4, -0.2) is 112 Å². The van der Waals surface area contributed by atoms with Crippen LogP contribution in [0.2, 0.25) is 0 Å². The number of carbonyl (C=O) groups is 7. The average Bonchev–Trinajstić information content (AvgIpc) is 3.12. The van der Waals surface area contributed by atoms with E-state index in [9.17, 15) is 38.7 Å². The Morgan fingerprint density at radius 2 is 1.02 bits per heavy atom. The van der Waals surface area contributed by atoms with Gasteiger partial charge in [-0.3, -0.25) is 24.0 Å². The highest BCUT2D eigenvalue weighted by Crippen LogP contribution is 2.27. The highest BCUT2D eigenvalue weighted by Gasteiger charge is 2.39. The van der Waals surface area contributed by atoms with E-state index < -0.39 is 60.0 Å². The fourth-order valence-electron chi connectivity index (χ4n) is 7.12. The third kappa shape index (κ3) is 17.6. The van der Waals surface area contributed by atoms with E-state index in [1.165, 1.54) is 35.6 Å². The third-order valence-electron chi connectivity index (χ3n) is 10.4. The monoisotopic (exact) mass is 837 g/mol. The summed E-state index contributed by atoms with van der Waals surface area (Å²) in [5.41, 5.74) is 7.06. The second-order valence-corrected chi connectivity index (χ2v) is 17.5. The molecular weight excluding hydrogens is 764 g/mol. The van der Waals surface area contributed by atoms with E-state index >= 15 is 0 Å². The number of rotatable bonds is 25. The normalized spacial score (nSPS) is 15.1. The lowest BCUT2D eigenvalue weighted by molar-refractivity contribution is -0.167. The summed E-state index contributed by atoms with van der Waals surface area (Å²) in [7, 11) is 4.57. The lowest BCUT2D eigenvalue weighted by Gasteiger charge is -2.34. The number of ketones is 2. The van der Waals surface area contributed by atoms with E-state index in [4.69, 9.17) is 10.5 Å². The van der Waals surface area contributed by atoms with Gasteiger partial charge in [0.25, 0.3) is 0 Å². The molecule has 0 aliphatic rings. The number of nitrogens with zero attached hydrogens (tertiary/aromatic N) is 3. The van der Waals surface area contributed by atoms with Gasteiger partial charge in [0, 0.05) is 45.8 Å². The van der Waals surface area contributed by atoms with E-state index in [0.717, 1.165) is 5.56 Å². The van der Waals surface area contributed by atoms with Crippen molar-refractivity contribution in [1.82, 2.24) is 14.7 Å². The number of hydrogen-bond acceptors (Lipinski definition) is 9. The number of aliphatic carboxylic acids is 1. The van der Waals surface area contributed by atoms with Crippen molar-refractivity contribution >= 4 is 53.6 Å². The van der Waals surface area contributed by atoms with Crippen LogP contribution in [-0.2, 0) is 44.7 Å². The Balaban J connectivity index is 0.0000325. The van der Waals surface area contributed by atoms with Crippen LogP contribution < -0.4 is 5.73 Å². The number of likely N-dealkylation sites (N-methyl/N-ethyl adjacent to an activating group) is 3. The van der Waals surface area contributed by atoms with E-state index in [-0.39, 0.29) is 78.7 Å². The molecule has 0 saturated heterocycles. The molecule has 0 aliphatic carbocycles. The fraction of sp³-hybridized carbons (Fsp3) is 0.705. The summed E-state index contributed by atoms with van der Waals surface area (Å²) < 4.78 is 5.02. The van der Waals surface area contributed by atoms with Gasteiger partial charge in [-0.25, -0.2) is 9.59 Å². The van der Waals surface area contributed by atoms with Gasteiger partial charge in [-0.15, -0.1) is 12.4 Å². The van der Waals surface area contributed by atoms with Crippen LogP contribution in [0.5, 0.6) is 0 Å². The molecule has 14 heteroatoms. The van der Waals surface area contributed by atoms with Gasteiger partial charge in [0.2, 0.25) is 17.7 Å². The number of halogens is 1. The molecule has 0 aliphatic heterocycles. The molecule has 3 amide bonds. The van der Waals surface area contributed by atoms with E-state index in [0.29, 0.717) is 25.7 Å². The molecule has 0 fully saturated rings. The van der Waals surface area contributed by atoms with Crippen molar-refractivity contribution < 1.29 is 43.4 Å². The first-order chi connectivity index (χ1) is 26.4. The molecule has 0 heterocycles. The molecule has 0 saturated carbocycles. The van der Waals surface area contributed by atoms with Crippen LogP contribution >= 0.6 is 12.4 Å². The second-order valence-electron chi connectivity index (χ2n) is 17.5. The van der Waals surface area contributed by atoms with Crippen molar-refractivity contribution in [2.45, 2.75) is 144 Å². The largest absolute Gasteiger partial charge is 0.479 e. The minimum absolute atomic E-state index is 0. The number of benzene rings is 1. The van der Waals surface area contributed by atoms with Gasteiger partial charge in [0.05, 0.1) is 18.1 Å². The smallest absolute Gasteiger partial charge is 0.344 e. The lowest BCUT2D eigenvalue weighted by Crippen LogP contribution is -2.51. The van der Waals surface area contributed by atoms with Crippen molar-refractivity contribution in [3.05, 3.63) is 35.9 Å². The first-order valence-electron chi connectivity index (χ1n) is 20.5. The third-order valence-corrected chi connectivity index (χ3v) is 10.4. The van der Waals surface area contributed by atoms with Crippen LogP contribution in [0, 0.1) is 35.5 Å². The van der Waals surface area contributed by atoms with Crippen molar-refractivity contribution in [2.24, 2.45) is 41.2 Å². The van der Waals surface area contributed by atoms with Crippen molar-refractivity contribution in [3.63, 3.8) is 0 Å². The lowest BCUT2D eigenvalue weighted by atomic mass is 9.85. The Hall–Kier alpha value is -3.84. The number of hydrogen-bond donors (Lipinski definition) is 2. The maximum Gasteiger partial charge on any atom is 0.344 e. The summed E-state index contributed by atoms with van der Waals surface area (Å²) in [6, 6.07) is 5.59. The number of Topliss-reactive ketones (excluding diaryl/α,β-unsaturated/α-hetero) is 2. The zero-order valence-corrected chi connectivity index (χ0v) is 38.0. The Morgan fingerprint density at radius 1 is 0.603 bits per heavy atom. The second kappa shape index (κ2) is 25.6. The van der Waals surface area contributed by atoms with Crippen LogP contribution in [0.15, 0.2) is 30.3 Å². The van der Waals surface area contributed by atoms with Gasteiger partial charge < -0.3 is 30.3 Å². The molecule has 0 spiro atoms. The number of carbonyl (C=O) groups excluding carboxylic acids is 6. The molecular formula is C44H73ClN4O9. The summed E-state index contributed by atoms with van der Waals surface area (Å²) in [5, 5.41) is 9.19. The first-order valence-corrected chi connectivity index (χ1v) is 20.5. The summed E-state index contributed by atoms with van der Waals surface area (Å²) in [5.74, 6) is -5.35. The van der Waals surface area contributed by atoms with Crippen LogP contribution in [0.25, 0.3) is 0 Å². The molecule has 0 unspecified atom stereocenters. The average molecular weight is 838 g/mol.